The van der Waals surface area contributed by atoms with Crippen molar-refractivity contribution in [2.24, 2.45) is 0 Å². The monoisotopic (exact) mass is 262 g/mol. The van der Waals surface area contributed by atoms with Crippen molar-refractivity contribution >= 4 is 5.69 Å². The van der Waals surface area contributed by atoms with Crippen molar-refractivity contribution < 1.29 is 4.74 Å². The molecule has 1 heterocycles. The Bertz CT molecular complexity index is 396. The van der Waals surface area contributed by atoms with E-state index in [9.17, 15) is 0 Å². The summed E-state index contributed by atoms with van der Waals surface area (Å²) in [6.07, 6.45) is 3.93. The van der Waals surface area contributed by atoms with Gasteiger partial charge in [-0.05, 0) is 76.9 Å². The van der Waals surface area contributed by atoms with Gasteiger partial charge in [-0.3, -0.25) is 0 Å². The quantitative estimate of drug-likeness (QED) is 0.873. The Kier molecular flexibility index (Phi) is 5.08. The van der Waals surface area contributed by atoms with E-state index in [2.05, 4.69) is 49.6 Å². The molecule has 0 aliphatic carbocycles. The lowest BCUT2D eigenvalue weighted by atomic mass is 10.1. The lowest BCUT2D eigenvalue weighted by Gasteiger charge is -2.20. The van der Waals surface area contributed by atoms with Crippen molar-refractivity contribution in [2.45, 2.75) is 52.2 Å². The summed E-state index contributed by atoms with van der Waals surface area (Å²) < 4.78 is 5.72. The van der Waals surface area contributed by atoms with Gasteiger partial charge in [0.15, 0.2) is 0 Å². The third-order valence-electron chi connectivity index (χ3n) is 3.50. The number of nitrogens with one attached hydrogen (secondary N) is 2. The zero-order chi connectivity index (χ0) is 13.7. The highest BCUT2D eigenvalue weighted by Crippen LogP contribution is 2.24. The van der Waals surface area contributed by atoms with Gasteiger partial charge in [-0.15, -0.1) is 0 Å². The third kappa shape index (κ3) is 4.43. The molecule has 1 aromatic rings. The van der Waals surface area contributed by atoms with Gasteiger partial charge in [-0.1, -0.05) is 0 Å². The molecular weight excluding hydrogens is 236 g/mol. The normalized spacial score (nSPS) is 20.1. The van der Waals surface area contributed by atoms with Gasteiger partial charge in [0.1, 0.15) is 5.75 Å². The fraction of sp³-hybridized carbons (Fsp3) is 0.625. The van der Waals surface area contributed by atoms with E-state index >= 15 is 0 Å². The van der Waals surface area contributed by atoms with Crippen LogP contribution >= 0.6 is 0 Å². The van der Waals surface area contributed by atoms with Gasteiger partial charge in [-0.2, -0.15) is 0 Å². The molecule has 1 fully saturated rings. The van der Waals surface area contributed by atoms with Crippen molar-refractivity contribution in [2.75, 3.05) is 18.4 Å². The highest BCUT2D eigenvalue weighted by atomic mass is 16.5. The van der Waals surface area contributed by atoms with Gasteiger partial charge in [-0.25, -0.2) is 0 Å². The first-order chi connectivity index (χ1) is 9.15. The molecule has 0 saturated carbocycles. The van der Waals surface area contributed by atoms with Crippen LogP contribution in [-0.2, 0) is 0 Å². The van der Waals surface area contributed by atoms with E-state index in [1.54, 1.807) is 0 Å². The van der Waals surface area contributed by atoms with Crippen LogP contribution < -0.4 is 15.4 Å². The van der Waals surface area contributed by atoms with Crippen molar-refractivity contribution in [3.8, 4) is 5.75 Å². The molecule has 106 valence electrons. The second kappa shape index (κ2) is 6.80. The largest absolute Gasteiger partial charge is 0.491 e. The predicted octanol–water partition coefficient (Wildman–Crippen LogP) is 3.34. The summed E-state index contributed by atoms with van der Waals surface area (Å²) >= 11 is 0. The first-order valence-electron chi connectivity index (χ1n) is 7.39. The highest BCUT2D eigenvalue weighted by Gasteiger charge is 2.12. The van der Waals surface area contributed by atoms with Crippen LogP contribution in [0.5, 0.6) is 5.75 Å². The van der Waals surface area contributed by atoms with E-state index in [1.807, 2.05) is 0 Å². The highest BCUT2D eigenvalue weighted by molar-refractivity contribution is 5.54. The Morgan fingerprint density at radius 3 is 2.84 bits per heavy atom. The molecule has 19 heavy (non-hydrogen) atoms. The van der Waals surface area contributed by atoms with Crippen molar-refractivity contribution in [3.63, 3.8) is 0 Å². The molecule has 0 amide bonds. The topological polar surface area (TPSA) is 33.3 Å². The van der Waals surface area contributed by atoms with E-state index in [0.717, 1.165) is 18.8 Å². The number of hydrogen-bond donors (Lipinski definition) is 2. The Labute approximate surface area is 116 Å². The van der Waals surface area contributed by atoms with Crippen LogP contribution in [0.2, 0.25) is 0 Å². The summed E-state index contributed by atoms with van der Waals surface area (Å²) in [6.45, 7) is 8.52. The zero-order valence-corrected chi connectivity index (χ0v) is 12.3. The Morgan fingerprint density at radius 2 is 2.11 bits per heavy atom. The average molecular weight is 262 g/mol. The minimum Gasteiger partial charge on any atom is -0.491 e. The minimum atomic E-state index is 0.228. The van der Waals surface area contributed by atoms with Gasteiger partial charge >= 0.3 is 0 Å². The van der Waals surface area contributed by atoms with Gasteiger partial charge in [0.2, 0.25) is 0 Å². The second-order valence-electron chi connectivity index (χ2n) is 5.67. The zero-order valence-electron chi connectivity index (χ0n) is 12.3. The fourth-order valence-corrected chi connectivity index (χ4v) is 2.53. The molecule has 0 radical (unpaired) electrons. The Morgan fingerprint density at radius 1 is 1.26 bits per heavy atom. The van der Waals surface area contributed by atoms with Crippen LogP contribution in [0, 0.1) is 6.92 Å². The summed E-state index contributed by atoms with van der Waals surface area (Å²) in [4.78, 5) is 0. The first-order valence-corrected chi connectivity index (χ1v) is 7.39. The first kappa shape index (κ1) is 14.2. The number of aryl methyl sites for hydroxylation is 1. The van der Waals surface area contributed by atoms with E-state index in [4.69, 9.17) is 4.74 Å². The predicted molar refractivity (Wildman–Crippen MR) is 81.1 cm³/mol. The number of hydrogen-bond acceptors (Lipinski definition) is 3. The minimum absolute atomic E-state index is 0.228. The van der Waals surface area contributed by atoms with E-state index in [1.165, 1.54) is 30.5 Å². The van der Waals surface area contributed by atoms with Gasteiger partial charge in [0.25, 0.3) is 0 Å². The SMILES string of the molecule is Cc1cc(OC(C)C)ccc1NC1CCCNCC1. The van der Waals surface area contributed by atoms with Crippen molar-refractivity contribution in [1.29, 1.82) is 0 Å². The van der Waals surface area contributed by atoms with Gasteiger partial charge in [0.05, 0.1) is 6.10 Å². The Hall–Kier alpha value is -1.22. The summed E-state index contributed by atoms with van der Waals surface area (Å²) in [5.41, 5.74) is 2.50. The lowest BCUT2D eigenvalue weighted by Crippen LogP contribution is -2.21. The third-order valence-corrected chi connectivity index (χ3v) is 3.50. The molecular formula is C16H26N2O. The molecule has 1 atom stereocenters. The van der Waals surface area contributed by atoms with E-state index in [0.29, 0.717) is 6.04 Å². The van der Waals surface area contributed by atoms with Crippen LogP contribution in [0.1, 0.15) is 38.7 Å². The van der Waals surface area contributed by atoms with Crippen molar-refractivity contribution in [3.05, 3.63) is 23.8 Å². The van der Waals surface area contributed by atoms with E-state index < -0.39 is 0 Å². The maximum atomic E-state index is 5.72. The van der Waals surface area contributed by atoms with Crippen LogP contribution in [-0.4, -0.2) is 25.2 Å². The van der Waals surface area contributed by atoms with Crippen LogP contribution in [0.3, 0.4) is 0 Å². The average Bonchev–Trinajstić information content (AvgIpc) is 2.60. The molecule has 1 saturated heterocycles. The number of benzene rings is 1. The summed E-state index contributed by atoms with van der Waals surface area (Å²) in [5, 5.41) is 7.12. The maximum Gasteiger partial charge on any atom is 0.120 e. The molecule has 1 aliphatic heterocycles. The lowest BCUT2D eigenvalue weighted by molar-refractivity contribution is 0.242. The van der Waals surface area contributed by atoms with Crippen molar-refractivity contribution in [1.82, 2.24) is 5.32 Å². The molecule has 1 aliphatic rings. The van der Waals surface area contributed by atoms with Gasteiger partial charge < -0.3 is 15.4 Å². The van der Waals surface area contributed by atoms with Crippen LogP contribution in [0.4, 0.5) is 5.69 Å². The second-order valence-corrected chi connectivity index (χ2v) is 5.67. The molecule has 3 heteroatoms. The number of rotatable bonds is 4. The molecule has 2 rings (SSSR count). The molecule has 2 N–H and O–H groups in total. The molecule has 3 nitrogen and oxygen atoms in total. The molecule has 0 aromatic heterocycles. The summed E-state index contributed by atoms with van der Waals surface area (Å²) in [6, 6.07) is 6.91. The molecule has 0 spiro atoms. The van der Waals surface area contributed by atoms with Crippen LogP contribution in [0.25, 0.3) is 0 Å². The number of anilines is 1. The molecule has 0 bridgehead atoms. The standard InChI is InChI=1S/C16H26N2O/c1-12(2)19-15-6-7-16(13(3)11-15)18-14-5-4-9-17-10-8-14/h6-7,11-12,14,17-18H,4-5,8-10H2,1-3H3. The summed E-state index contributed by atoms with van der Waals surface area (Å²) in [5.74, 6) is 0.959. The van der Waals surface area contributed by atoms with Crippen LogP contribution in [0.15, 0.2) is 18.2 Å². The molecule has 1 unspecified atom stereocenters. The smallest absolute Gasteiger partial charge is 0.120 e. The fourth-order valence-electron chi connectivity index (χ4n) is 2.53. The van der Waals surface area contributed by atoms with Gasteiger partial charge in [0, 0.05) is 11.7 Å². The maximum absolute atomic E-state index is 5.72. The summed E-state index contributed by atoms with van der Waals surface area (Å²) in [7, 11) is 0. The molecule has 1 aromatic carbocycles. The Balaban J connectivity index is 1.99. The number of ether oxygens (including phenoxy) is 1. The van der Waals surface area contributed by atoms with E-state index in [-0.39, 0.29) is 6.10 Å².